The standard InChI is InChI=1S/C24H46N2O4/c1-3-5-6-7-8-9-10-11-12-13-14-15-16-17-18-19-23(27)26(22-24(28)29)21-20-25-30-4-2/h11-12,25H,3-10,13-22H2,1-2H3,(H,28,29)/b12-11-. The van der Waals surface area contributed by atoms with E-state index in [-0.39, 0.29) is 12.5 Å². The van der Waals surface area contributed by atoms with Gasteiger partial charge in [0.2, 0.25) is 5.91 Å². The summed E-state index contributed by atoms with van der Waals surface area (Å²) in [4.78, 5) is 29.6. The fraction of sp³-hybridized carbons (Fsp3) is 0.833. The van der Waals surface area contributed by atoms with E-state index in [1.165, 1.54) is 62.7 Å². The number of aliphatic carboxylic acids is 1. The van der Waals surface area contributed by atoms with Crippen molar-refractivity contribution in [1.82, 2.24) is 10.4 Å². The molecule has 0 unspecified atom stereocenters. The number of nitrogens with one attached hydrogen (secondary N) is 1. The molecule has 0 aliphatic carbocycles. The van der Waals surface area contributed by atoms with E-state index in [1.54, 1.807) is 0 Å². The largest absolute Gasteiger partial charge is 0.480 e. The van der Waals surface area contributed by atoms with Crippen molar-refractivity contribution in [1.29, 1.82) is 0 Å². The van der Waals surface area contributed by atoms with Gasteiger partial charge < -0.3 is 14.8 Å². The molecule has 0 spiro atoms. The lowest BCUT2D eigenvalue weighted by Gasteiger charge is -2.20. The first-order valence-electron chi connectivity index (χ1n) is 12.1. The molecule has 0 aromatic carbocycles. The molecule has 0 saturated carbocycles. The molecule has 6 heteroatoms. The van der Waals surface area contributed by atoms with Crippen LogP contribution in [0.15, 0.2) is 12.2 Å². The van der Waals surface area contributed by atoms with Crippen molar-refractivity contribution in [3.63, 3.8) is 0 Å². The second kappa shape index (κ2) is 22.3. The number of hydrogen-bond donors (Lipinski definition) is 2. The maximum Gasteiger partial charge on any atom is 0.323 e. The van der Waals surface area contributed by atoms with Crippen LogP contribution in [-0.2, 0) is 14.4 Å². The number of carboxylic acids is 1. The van der Waals surface area contributed by atoms with Crippen LogP contribution in [0, 0.1) is 0 Å². The van der Waals surface area contributed by atoms with E-state index in [2.05, 4.69) is 24.6 Å². The highest BCUT2D eigenvalue weighted by molar-refractivity contribution is 5.81. The van der Waals surface area contributed by atoms with Crippen LogP contribution >= 0.6 is 0 Å². The fourth-order valence-electron chi connectivity index (χ4n) is 3.32. The van der Waals surface area contributed by atoms with Crippen LogP contribution in [0.5, 0.6) is 0 Å². The van der Waals surface area contributed by atoms with Crippen molar-refractivity contribution in [3.05, 3.63) is 12.2 Å². The average molecular weight is 427 g/mol. The molecule has 0 heterocycles. The highest BCUT2D eigenvalue weighted by Gasteiger charge is 2.15. The summed E-state index contributed by atoms with van der Waals surface area (Å²) in [7, 11) is 0. The molecule has 0 aliphatic heterocycles. The molecule has 2 N–H and O–H groups in total. The Hall–Kier alpha value is -1.40. The summed E-state index contributed by atoms with van der Waals surface area (Å²) in [5, 5.41) is 8.99. The van der Waals surface area contributed by atoms with Gasteiger partial charge in [-0.3, -0.25) is 9.59 Å². The van der Waals surface area contributed by atoms with Gasteiger partial charge in [-0.05, 0) is 39.0 Å². The second-order valence-electron chi connectivity index (χ2n) is 7.87. The Morgan fingerprint density at radius 1 is 0.867 bits per heavy atom. The number of hydroxylamine groups is 1. The summed E-state index contributed by atoms with van der Waals surface area (Å²) in [5.41, 5.74) is 2.72. The third kappa shape index (κ3) is 19.9. The van der Waals surface area contributed by atoms with Gasteiger partial charge >= 0.3 is 5.97 Å². The number of nitrogens with zero attached hydrogens (tertiary/aromatic N) is 1. The normalized spacial score (nSPS) is 11.3. The first-order valence-corrected chi connectivity index (χ1v) is 12.1. The first-order chi connectivity index (χ1) is 14.6. The molecule has 30 heavy (non-hydrogen) atoms. The van der Waals surface area contributed by atoms with E-state index in [9.17, 15) is 9.59 Å². The third-order valence-corrected chi connectivity index (χ3v) is 5.06. The molecule has 6 nitrogen and oxygen atoms in total. The molecule has 0 saturated heterocycles. The number of hydrogen-bond acceptors (Lipinski definition) is 4. The van der Waals surface area contributed by atoms with Crippen molar-refractivity contribution in [2.45, 2.75) is 104 Å². The SMILES string of the molecule is CCCCCCCC/C=C\CCCCCCCC(=O)N(CCNOCC)CC(=O)O. The molecule has 1 amide bonds. The van der Waals surface area contributed by atoms with Gasteiger partial charge in [0.15, 0.2) is 0 Å². The molecular formula is C24H46N2O4. The minimum absolute atomic E-state index is 0.0895. The highest BCUT2D eigenvalue weighted by Crippen LogP contribution is 2.10. The van der Waals surface area contributed by atoms with Crippen molar-refractivity contribution < 1.29 is 19.5 Å². The van der Waals surface area contributed by atoms with E-state index >= 15 is 0 Å². The summed E-state index contributed by atoms with van der Waals surface area (Å²) in [6, 6.07) is 0. The first kappa shape index (κ1) is 28.6. The average Bonchev–Trinajstić information content (AvgIpc) is 2.72. The van der Waals surface area contributed by atoms with E-state index in [0.717, 1.165) is 25.7 Å². The number of unbranched alkanes of at least 4 members (excludes halogenated alkanes) is 11. The van der Waals surface area contributed by atoms with Gasteiger partial charge in [0, 0.05) is 19.5 Å². The number of rotatable bonds is 22. The van der Waals surface area contributed by atoms with Gasteiger partial charge in [-0.15, -0.1) is 0 Å². The van der Waals surface area contributed by atoms with Crippen LogP contribution in [0.25, 0.3) is 0 Å². The molecule has 0 fully saturated rings. The monoisotopic (exact) mass is 426 g/mol. The summed E-state index contributed by atoms with van der Waals surface area (Å²) >= 11 is 0. The van der Waals surface area contributed by atoms with Gasteiger partial charge in [0.05, 0.1) is 6.61 Å². The Balaban J connectivity index is 3.64. The lowest BCUT2D eigenvalue weighted by Crippen LogP contribution is -2.40. The molecule has 0 aromatic rings. The number of allylic oxidation sites excluding steroid dienone is 2. The van der Waals surface area contributed by atoms with Crippen LogP contribution in [-0.4, -0.2) is 48.1 Å². The fourth-order valence-corrected chi connectivity index (χ4v) is 3.32. The lowest BCUT2D eigenvalue weighted by atomic mass is 10.1. The molecule has 0 aromatic heterocycles. The number of carboxylic acid groups (broad SMARTS) is 1. The number of amides is 1. The summed E-state index contributed by atoms with van der Waals surface area (Å²) in [6.07, 6.45) is 20.9. The number of carbonyl (C=O) groups is 2. The quantitative estimate of drug-likeness (QED) is 0.136. The zero-order chi connectivity index (χ0) is 22.3. The van der Waals surface area contributed by atoms with Crippen molar-refractivity contribution in [3.8, 4) is 0 Å². The predicted octanol–water partition coefficient (Wildman–Crippen LogP) is 5.48. The smallest absolute Gasteiger partial charge is 0.323 e. The topological polar surface area (TPSA) is 78.9 Å². The summed E-state index contributed by atoms with van der Waals surface area (Å²) in [5.74, 6) is -1.07. The molecular weight excluding hydrogens is 380 g/mol. The van der Waals surface area contributed by atoms with Gasteiger partial charge in [-0.2, -0.15) is 0 Å². The maximum atomic E-state index is 12.3. The van der Waals surface area contributed by atoms with Crippen molar-refractivity contribution in [2.75, 3.05) is 26.2 Å². The van der Waals surface area contributed by atoms with Crippen LogP contribution in [0.3, 0.4) is 0 Å². The zero-order valence-electron chi connectivity index (χ0n) is 19.5. The highest BCUT2D eigenvalue weighted by atomic mass is 16.6. The lowest BCUT2D eigenvalue weighted by molar-refractivity contribution is -0.144. The van der Waals surface area contributed by atoms with E-state index in [1.807, 2.05) is 6.92 Å². The Labute approximate surface area is 184 Å². The summed E-state index contributed by atoms with van der Waals surface area (Å²) in [6.45, 7) is 5.16. The molecule has 0 aliphatic rings. The van der Waals surface area contributed by atoms with Crippen LogP contribution < -0.4 is 5.48 Å². The van der Waals surface area contributed by atoms with Crippen LogP contribution in [0.4, 0.5) is 0 Å². The molecule has 0 radical (unpaired) electrons. The Morgan fingerprint density at radius 3 is 2.00 bits per heavy atom. The van der Waals surface area contributed by atoms with Gasteiger partial charge in [0.25, 0.3) is 0 Å². The number of carbonyl (C=O) groups excluding carboxylic acids is 1. The van der Waals surface area contributed by atoms with Gasteiger partial charge in [-0.1, -0.05) is 70.4 Å². The molecule has 176 valence electrons. The predicted molar refractivity (Wildman–Crippen MR) is 123 cm³/mol. The third-order valence-electron chi connectivity index (χ3n) is 5.06. The van der Waals surface area contributed by atoms with Crippen molar-refractivity contribution in [2.24, 2.45) is 0 Å². The zero-order valence-corrected chi connectivity index (χ0v) is 19.5. The Kier molecular flexibility index (Phi) is 21.2. The van der Waals surface area contributed by atoms with Crippen LogP contribution in [0.1, 0.15) is 104 Å². The Bertz CT molecular complexity index is 441. The minimum Gasteiger partial charge on any atom is -0.480 e. The van der Waals surface area contributed by atoms with E-state index in [0.29, 0.717) is 26.1 Å². The van der Waals surface area contributed by atoms with Gasteiger partial charge in [-0.25, -0.2) is 5.48 Å². The van der Waals surface area contributed by atoms with Crippen LogP contribution in [0.2, 0.25) is 0 Å². The second-order valence-corrected chi connectivity index (χ2v) is 7.87. The van der Waals surface area contributed by atoms with Crippen molar-refractivity contribution >= 4 is 11.9 Å². The summed E-state index contributed by atoms with van der Waals surface area (Å²) < 4.78 is 0. The minimum atomic E-state index is -0.982. The Morgan fingerprint density at radius 2 is 1.43 bits per heavy atom. The molecule has 0 atom stereocenters. The van der Waals surface area contributed by atoms with E-state index in [4.69, 9.17) is 9.94 Å². The molecule has 0 rings (SSSR count). The van der Waals surface area contributed by atoms with Gasteiger partial charge in [0.1, 0.15) is 6.54 Å². The molecule has 0 bridgehead atoms. The maximum absolute atomic E-state index is 12.3. The van der Waals surface area contributed by atoms with E-state index < -0.39 is 5.97 Å².